The van der Waals surface area contributed by atoms with Gasteiger partial charge in [0.05, 0.1) is 5.92 Å². The van der Waals surface area contributed by atoms with Gasteiger partial charge in [-0.15, -0.1) is 0 Å². The molecule has 3 atom stereocenters. The van der Waals surface area contributed by atoms with Gasteiger partial charge >= 0.3 is 13.1 Å². The van der Waals surface area contributed by atoms with Crippen molar-refractivity contribution in [3.8, 4) is 0 Å². The summed E-state index contributed by atoms with van der Waals surface area (Å²) in [5.74, 6) is -0.504. The van der Waals surface area contributed by atoms with E-state index in [9.17, 15) is 9.90 Å². The molecule has 5 nitrogen and oxygen atoms in total. The SMILES string of the molecule is CNC[C@@H]1CC[C@@H](CCB(O)O)C[C@@H]1C(=O)O. The van der Waals surface area contributed by atoms with Crippen LogP contribution in [0.25, 0.3) is 0 Å². The molecule has 0 aromatic rings. The maximum Gasteiger partial charge on any atom is 0.451 e. The van der Waals surface area contributed by atoms with Crippen LogP contribution in [-0.2, 0) is 4.79 Å². The van der Waals surface area contributed by atoms with E-state index in [0.717, 1.165) is 19.4 Å². The Balaban J connectivity index is 2.47. The Bertz CT molecular complexity index is 250. The lowest BCUT2D eigenvalue weighted by Crippen LogP contribution is -2.36. The lowest BCUT2D eigenvalue weighted by atomic mass is 9.70. The monoisotopic (exact) mass is 243 g/mol. The van der Waals surface area contributed by atoms with Crippen molar-refractivity contribution in [1.82, 2.24) is 5.32 Å². The van der Waals surface area contributed by atoms with Crippen molar-refractivity contribution in [1.29, 1.82) is 0 Å². The Kier molecular flexibility index (Phi) is 5.95. The van der Waals surface area contributed by atoms with Crippen molar-refractivity contribution < 1.29 is 19.9 Å². The Morgan fingerprint density at radius 2 is 2.12 bits per heavy atom. The third-order valence-electron chi connectivity index (χ3n) is 3.72. The Morgan fingerprint density at radius 3 is 2.65 bits per heavy atom. The fraction of sp³-hybridized carbons (Fsp3) is 0.909. The molecule has 0 unspecified atom stereocenters. The summed E-state index contributed by atoms with van der Waals surface area (Å²) in [6, 6.07) is 0. The lowest BCUT2D eigenvalue weighted by Gasteiger charge is -2.33. The number of nitrogens with one attached hydrogen (secondary N) is 1. The third-order valence-corrected chi connectivity index (χ3v) is 3.72. The van der Waals surface area contributed by atoms with Gasteiger partial charge in [-0.2, -0.15) is 0 Å². The van der Waals surface area contributed by atoms with E-state index in [4.69, 9.17) is 10.0 Å². The van der Waals surface area contributed by atoms with Crippen LogP contribution in [0.3, 0.4) is 0 Å². The van der Waals surface area contributed by atoms with Crippen LogP contribution in [0, 0.1) is 17.8 Å². The van der Waals surface area contributed by atoms with Crippen molar-refractivity contribution in [2.75, 3.05) is 13.6 Å². The molecule has 0 aromatic carbocycles. The predicted molar refractivity (Wildman–Crippen MR) is 65.5 cm³/mol. The van der Waals surface area contributed by atoms with E-state index in [1.807, 2.05) is 7.05 Å². The van der Waals surface area contributed by atoms with Crippen LogP contribution in [0.2, 0.25) is 6.32 Å². The van der Waals surface area contributed by atoms with E-state index in [2.05, 4.69) is 5.32 Å². The molecule has 17 heavy (non-hydrogen) atoms. The van der Waals surface area contributed by atoms with E-state index >= 15 is 0 Å². The zero-order chi connectivity index (χ0) is 12.8. The molecule has 0 saturated heterocycles. The third kappa shape index (κ3) is 4.65. The fourth-order valence-electron chi connectivity index (χ4n) is 2.78. The van der Waals surface area contributed by atoms with Crippen molar-refractivity contribution in [2.24, 2.45) is 17.8 Å². The zero-order valence-corrected chi connectivity index (χ0v) is 10.3. The summed E-state index contributed by atoms with van der Waals surface area (Å²) in [5, 5.41) is 29.9. The maximum atomic E-state index is 11.2. The summed E-state index contributed by atoms with van der Waals surface area (Å²) < 4.78 is 0. The van der Waals surface area contributed by atoms with E-state index in [-0.39, 0.29) is 11.8 Å². The second-order valence-corrected chi connectivity index (χ2v) is 5.00. The number of hydrogen-bond acceptors (Lipinski definition) is 4. The molecule has 1 aliphatic rings. The number of hydrogen-bond donors (Lipinski definition) is 4. The van der Waals surface area contributed by atoms with Crippen LogP contribution in [0.5, 0.6) is 0 Å². The van der Waals surface area contributed by atoms with Crippen LogP contribution >= 0.6 is 0 Å². The molecule has 1 saturated carbocycles. The Labute approximate surface area is 102 Å². The second-order valence-electron chi connectivity index (χ2n) is 5.00. The normalized spacial score (nSPS) is 29.0. The highest BCUT2D eigenvalue weighted by molar-refractivity contribution is 6.40. The predicted octanol–water partition coefficient (Wildman–Crippen LogP) is 0.186. The van der Waals surface area contributed by atoms with Crippen LogP contribution < -0.4 is 5.32 Å². The van der Waals surface area contributed by atoms with Crippen LogP contribution in [0.1, 0.15) is 25.7 Å². The Hall–Kier alpha value is -0.585. The van der Waals surface area contributed by atoms with Crippen molar-refractivity contribution in [2.45, 2.75) is 32.0 Å². The molecule has 0 bridgehead atoms. The van der Waals surface area contributed by atoms with Gasteiger partial charge in [0.1, 0.15) is 0 Å². The summed E-state index contributed by atoms with van der Waals surface area (Å²) in [7, 11) is 0.570. The maximum absolute atomic E-state index is 11.2. The number of carboxylic acid groups (broad SMARTS) is 1. The summed E-state index contributed by atoms with van der Waals surface area (Å²) in [5.41, 5.74) is 0. The molecule has 0 radical (unpaired) electrons. The Morgan fingerprint density at radius 1 is 1.41 bits per heavy atom. The molecular formula is C11H22BNO4. The van der Waals surface area contributed by atoms with E-state index in [0.29, 0.717) is 25.1 Å². The van der Waals surface area contributed by atoms with E-state index in [1.165, 1.54) is 0 Å². The first-order valence-electron chi connectivity index (χ1n) is 6.28. The molecule has 0 aromatic heterocycles. The highest BCUT2D eigenvalue weighted by atomic mass is 16.4. The first-order chi connectivity index (χ1) is 8.04. The zero-order valence-electron chi connectivity index (χ0n) is 10.3. The van der Waals surface area contributed by atoms with Crippen LogP contribution in [-0.4, -0.2) is 41.8 Å². The summed E-state index contributed by atoms with van der Waals surface area (Å²) in [4.78, 5) is 11.2. The molecule has 0 amide bonds. The van der Waals surface area contributed by atoms with Gasteiger partial charge in [0.15, 0.2) is 0 Å². The van der Waals surface area contributed by atoms with Gasteiger partial charge in [-0.1, -0.05) is 12.8 Å². The molecule has 1 rings (SSSR count). The molecular weight excluding hydrogens is 221 g/mol. The first-order valence-corrected chi connectivity index (χ1v) is 6.28. The van der Waals surface area contributed by atoms with Gasteiger partial charge in [-0.3, -0.25) is 4.79 Å². The van der Waals surface area contributed by atoms with Gasteiger partial charge in [0.25, 0.3) is 0 Å². The summed E-state index contributed by atoms with van der Waals surface area (Å²) >= 11 is 0. The van der Waals surface area contributed by atoms with Gasteiger partial charge in [0, 0.05) is 0 Å². The molecule has 6 heteroatoms. The molecule has 0 aliphatic heterocycles. The fourth-order valence-corrected chi connectivity index (χ4v) is 2.78. The number of carbonyl (C=O) groups is 1. The molecule has 1 fully saturated rings. The van der Waals surface area contributed by atoms with Crippen LogP contribution in [0.15, 0.2) is 0 Å². The van der Waals surface area contributed by atoms with E-state index in [1.54, 1.807) is 0 Å². The number of carboxylic acids is 1. The average Bonchev–Trinajstić information content (AvgIpc) is 2.27. The molecule has 0 spiro atoms. The molecule has 0 heterocycles. The minimum atomic E-state index is -1.27. The van der Waals surface area contributed by atoms with Crippen molar-refractivity contribution in [3.63, 3.8) is 0 Å². The largest absolute Gasteiger partial charge is 0.481 e. The standard InChI is InChI=1S/C11H22BNO4/c1-13-7-9-3-2-8(4-5-12(16)17)6-10(9)11(14)15/h8-10,13,16-17H,2-7H2,1H3,(H,14,15)/t8-,9-,10-/m0/s1. The first kappa shape index (κ1) is 14.5. The van der Waals surface area contributed by atoms with Crippen molar-refractivity contribution >= 4 is 13.1 Å². The second kappa shape index (κ2) is 6.98. The summed E-state index contributed by atoms with van der Waals surface area (Å²) in [6.45, 7) is 0.742. The van der Waals surface area contributed by atoms with Gasteiger partial charge < -0.3 is 20.5 Å². The minimum Gasteiger partial charge on any atom is -0.481 e. The number of aliphatic carboxylic acids is 1. The van der Waals surface area contributed by atoms with Gasteiger partial charge in [0.2, 0.25) is 0 Å². The topological polar surface area (TPSA) is 89.8 Å². The quantitative estimate of drug-likeness (QED) is 0.500. The minimum absolute atomic E-state index is 0.202. The van der Waals surface area contributed by atoms with Crippen molar-refractivity contribution in [3.05, 3.63) is 0 Å². The smallest absolute Gasteiger partial charge is 0.451 e. The summed E-state index contributed by atoms with van der Waals surface area (Å²) in [6.07, 6.45) is 3.60. The molecule has 1 aliphatic carbocycles. The highest BCUT2D eigenvalue weighted by Crippen LogP contribution is 2.36. The van der Waals surface area contributed by atoms with E-state index < -0.39 is 13.1 Å². The lowest BCUT2D eigenvalue weighted by molar-refractivity contribution is -0.145. The average molecular weight is 243 g/mol. The van der Waals surface area contributed by atoms with Gasteiger partial charge in [-0.25, -0.2) is 0 Å². The molecule has 4 N–H and O–H groups in total. The highest BCUT2D eigenvalue weighted by Gasteiger charge is 2.34. The number of rotatable bonds is 6. The van der Waals surface area contributed by atoms with Gasteiger partial charge in [-0.05, 0) is 44.6 Å². The van der Waals surface area contributed by atoms with Crippen LogP contribution in [0.4, 0.5) is 0 Å². The molecule has 98 valence electrons.